The Hall–Kier alpha value is -0.210. The van der Waals surface area contributed by atoms with Gasteiger partial charge >= 0.3 is 0 Å². The van der Waals surface area contributed by atoms with Crippen molar-refractivity contribution in [1.82, 2.24) is 19.4 Å². The van der Waals surface area contributed by atoms with E-state index in [1.54, 1.807) is 4.31 Å². The molecule has 2 aliphatic heterocycles. The van der Waals surface area contributed by atoms with Crippen LogP contribution in [0.25, 0.3) is 0 Å². The maximum atomic E-state index is 12.7. The monoisotopic (exact) mass is 318 g/mol. The lowest BCUT2D eigenvalue weighted by atomic mass is 10.2. The van der Waals surface area contributed by atoms with Crippen LogP contribution in [0, 0.1) is 0 Å². The van der Waals surface area contributed by atoms with Crippen molar-refractivity contribution < 1.29 is 8.42 Å². The molecular formula is C14H30N4O2S. The van der Waals surface area contributed by atoms with Gasteiger partial charge in [-0.15, -0.1) is 0 Å². The van der Waals surface area contributed by atoms with E-state index in [2.05, 4.69) is 29.1 Å². The molecule has 0 aromatic rings. The van der Waals surface area contributed by atoms with Gasteiger partial charge in [0.1, 0.15) is 0 Å². The minimum Gasteiger partial charge on any atom is -0.314 e. The van der Waals surface area contributed by atoms with Crippen LogP contribution in [0.4, 0.5) is 0 Å². The van der Waals surface area contributed by atoms with E-state index in [4.69, 9.17) is 0 Å². The highest BCUT2D eigenvalue weighted by atomic mass is 32.2. The van der Waals surface area contributed by atoms with Gasteiger partial charge in [-0.1, -0.05) is 6.92 Å². The SMILES string of the molecule is CCC1CN(C)CCCN1S(=O)(=O)CCN1CCNCC1. The first kappa shape index (κ1) is 17.1. The molecule has 6 nitrogen and oxygen atoms in total. The zero-order chi connectivity index (χ0) is 15.3. The molecule has 0 amide bonds. The van der Waals surface area contributed by atoms with Crippen molar-refractivity contribution in [1.29, 1.82) is 0 Å². The summed E-state index contributed by atoms with van der Waals surface area (Å²) in [5.41, 5.74) is 0. The number of hydrogen-bond donors (Lipinski definition) is 1. The topological polar surface area (TPSA) is 55.9 Å². The van der Waals surface area contributed by atoms with Crippen molar-refractivity contribution in [2.24, 2.45) is 0 Å². The summed E-state index contributed by atoms with van der Waals surface area (Å²) < 4.78 is 27.2. The van der Waals surface area contributed by atoms with Crippen molar-refractivity contribution in [3.05, 3.63) is 0 Å². The summed E-state index contributed by atoms with van der Waals surface area (Å²) in [5, 5.41) is 3.30. The van der Waals surface area contributed by atoms with Gasteiger partial charge < -0.3 is 10.2 Å². The van der Waals surface area contributed by atoms with Gasteiger partial charge in [-0.3, -0.25) is 4.90 Å². The third-order valence-electron chi connectivity index (χ3n) is 4.55. The second-order valence-corrected chi connectivity index (χ2v) is 8.24. The Morgan fingerprint density at radius 2 is 1.86 bits per heavy atom. The van der Waals surface area contributed by atoms with Crippen LogP contribution in [-0.4, -0.2) is 93.7 Å². The fraction of sp³-hybridized carbons (Fsp3) is 1.00. The van der Waals surface area contributed by atoms with Gasteiger partial charge in [-0.25, -0.2) is 8.42 Å². The quantitative estimate of drug-likeness (QED) is 0.750. The number of nitrogens with one attached hydrogen (secondary N) is 1. The van der Waals surface area contributed by atoms with E-state index in [-0.39, 0.29) is 11.8 Å². The Labute approximate surface area is 129 Å². The van der Waals surface area contributed by atoms with Crippen LogP contribution >= 0.6 is 0 Å². The van der Waals surface area contributed by atoms with Crippen LogP contribution in [0.5, 0.6) is 0 Å². The molecular weight excluding hydrogens is 288 g/mol. The highest BCUT2D eigenvalue weighted by Gasteiger charge is 2.31. The molecule has 21 heavy (non-hydrogen) atoms. The standard InChI is InChI=1S/C14H30N4O2S/c1-3-14-13-16(2)7-4-8-18(14)21(19,20)12-11-17-9-5-15-6-10-17/h14-15H,3-13H2,1-2H3. The zero-order valence-corrected chi connectivity index (χ0v) is 14.2. The number of likely N-dealkylation sites (N-methyl/N-ethyl adjacent to an activating group) is 1. The molecule has 124 valence electrons. The number of piperazine rings is 1. The van der Waals surface area contributed by atoms with Gasteiger partial charge in [0.25, 0.3) is 0 Å². The predicted molar refractivity (Wildman–Crippen MR) is 86.0 cm³/mol. The Bertz CT molecular complexity index is 409. The van der Waals surface area contributed by atoms with Crippen LogP contribution in [-0.2, 0) is 10.0 Å². The van der Waals surface area contributed by atoms with Crippen LogP contribution in [0.15, 0.2) is 0 Å². The van der Waals surface area contributed by atoms with Gasteiger partial charge in [0.2, 0.25) is 10.0 Å². The fourth-order valence-corrected chi connectivity index (χ4v) is 5.02. The third kappa shape index (κ3) is 4.89. The minimum absolute atomic E-state index is 0.130. The van der Waals surface area contributed by atoms with E-state index >= 15 is 0 Å². The summed E-state index contributed by atoms with van der Waals surface area (Å²) in [6.45, 7) is 9.09. The molecule has 0 aromatic carbocycles. The normalized spacial score (nSPS) is 27.6. The molecule has 0 bridgehead atoms. The molecule has 0 radical (unpaired) electrons. The Morgan fingerprint density at radius 3 is 2.52 bits per heavy atom. The lowest BCUT2D eigenvalue weighted by Crippen LogP contribution is -2.48. The summed E-state index contributed by atoms with van der Waals surface area (Å²) in [4.78, 5) is 4.50. The van der Waals surface area contributed by atoms with Gasteiger partial charge in [0, 0.05) is 51.9 Å². The van der Waals surface area contributed by atoms with E-state index in [1.165, 1.54) is 0 Å². The molecule has 2 rings (SSSR count). The summed E-state index contributed by atoms with van der Waals surface area (Å²) in [6, 6.07) is 0.130. The highest BCUT2D eigenvalue weighted by Crippen LogP contribution is 2.17. The first-order valence-electron chi connectivity index (χ1n) is 8.14. The van der Waals surface area contributed by atoms with Crippen LogP contribution in [0.3, 0.4) is 0 Å². The van der Waals surface area contributed by atoms with Crippen molar-refractivity contribution in [2.75, 3.05) is 65.2 Å². The largest absolute Gasteiger partial charge is 0.314 e. The van der Waals surface area contributed by atoms with E-state index in [0.717, 1.165) is 52.1 Å². The van der Waals surface area contributed by atoms with Crippen LogP contribution in [0.1, 0.15) is 19.8 Å². The maximum absolute atomic E-state index is 12.7. The van der Waals surface area contributed by atoms with E-state index in [0.29, 0.717) is 13.1 Å². The average Bonchev–Trinajstić information content (AvgIpc) is 2.68. The fourth-order valence-electron chi connectivity index (χ4n) is 3.22. The first-order chi connectivity index (χ1) is 10.0. The molecule has 2 aliphatic rings. The Kier molecular flexibility index (Phi) is 6.43. The number of hydrogen-bond acceptors (Lipinski definition) is 5. The van der Waals surface area contributed by atoms with Crippen LogP contribution < -0.4 is 5.32 Å². The van der Waals surface area contributed by atoms with Crippen molar-refractivity contribution in [3.8, 4) is 0 Å². The lowest BCUT2D eigenvalue weighted by Gasteiger charge is -2.31. The summed E-state index contributed by atoms with van der Waals surface area (Å²) in [6.07, 6.45) is 1.82. The molecule has 1 unspecified atom stereocenters. The second-order valence-electron chi connectivity index (χ2n) is 6.20. The molecule has 1 atom stereocenters. The van der Waals surface area contributed by atoms with E-state index < -0.39 is 10.0 Å². The van der Waals surface area contributed by atoms with Gasteiger partial charge in [0.05, 0.1) is 5.75 Å². The van der Waals surface area contributed by atoms with Crippen molar-refractivity contribution in [2.45, 2.75) is 25.8 Å². The molecule has 1 N–H and O–H groups in total. The molecule has 2 heterocycles. The average molecular weight is 318 g/mol. The van der Waals surface area contributed by atoms with E-state index in [9.17, 15) is 8.42 Å². The maximum Gasteiger partial charge on any atom is 0.215 e. The number of rotatable bonds is 5. The predicted octanol–water partition coefficient (Wildman–Crippen LogP) is -0.362. The molecule has 0 aliphatic carbocycles. The molecule has 0 spiro atoms. The Morgan fingerprint density at radius 1 is 1.14 bits per heavy atom. The molecule has 0 aromatic heterocycles. The van der Waals surface area contributed by atoms with Gasteiger partial charge in [-0.05, 0) is 26.4 Å². The van der Waals surface area contributed by atoms with Crippen LogP contribution in [0.2, 0.25) is 0 Å². The lowest BCUT2D eigenvalue weighted by molar-refractivity contribution is 0.247. The van der Waals surface area contributed by atoms with Crippen molar-refractivity contribution >= 4 is 10.0 Å². The summed E-state index contributed by atoms with van der Waals surface area (Å²) in [5.74, 6) is 0.257. The van der Waals surface area contributed by atoms with E-state index in [1.807, 2.05) is 0 Å². The van der Waals surface area contributed by atoms with Gasteiger partial charge in [0.15, 0.2) is 0 Å². The van der Waals surface area contributed by atoms with Gasteiger partial charge in [-0.2, -0.15) is 4.31 Å². The zero-order valence-electron chi connectivity index (χ0n) is 13.4. The second kappa shape index (κ2) is 7.87. The molecule has 2 saturated heterocycles. The highest BCUT2D eigenvalue weighted by molar-refractivity contribution is 7.89. The molecule has 0 saturated carbocycles. The summed E-state index contributed by atoms with van der Waals surface area (Å²) >= 11 is 0. The molecule has 7 heteroatoms. The third-order valence-corrected chi connectivity index (χ3v) is 6.45. The number of nitrogens with zero attached hydrogens (tertiary/aromatic N) is 3. The van der Waals surface area contributed by atoms with Crippen molar-refractivity contribution in [3.63, 3.8) is 0 Å². The first-order valence-corrected chi connectivity index (χ1v) is 9.75. The Balaban J connectivity index is 1.95. The smallest absolute Gasteiger partial charge is 0.215 e. The minimum atomic E-state index is -3.15. The summed E-state index contributed by atoms with van der Waals surface area (Å²) in [7, 11) is -1.06. The number of sulfonamides is 1. The molecule has 2 fully saturated rings.